The smallest absolute Gasteiger partial charge is 0.343 e. The van der Waals surface area contributed by atoms with Crippen LogP contribution < -0.4 is 10.4 Å². The van der Waals surface area contributed by atoms with E-state index in [-0.39, 0.29) is 5.69 Å². The van der Waals surface area contributed by atoms with Gasteiger partial charge in [0.05, 0.1) is 19.0 Å². The lowest BCUT2D eigenvalue weighted by atomic mass is 10.0. The van der Waals surface area contributed by atoms with E-state index in [1.807, 2.05) is 30.5 Å². The molecule has 0 amide bonds. The summed E-state index contributed by atoms with van der Waals surface area (Å²) < 4.78 is 7.25. The van der Waals surface area contributed by atoms with Gasteiger partial charge in [0.25, 0.3) is 0 Å². The zero-order valence-electron chi connectivity index (χ0n) is 15.6. The van der Waals surface area contributed by atoms with E-state index in [1.165, 1.54) is 0 Å². The van der Waals surface area contributed by atoms with Crippen LogP contribution in [-0.2, 0) is 19.5 Å². The monoisotopic (exact) mass is 368 g/mol. The largest absolute Gasteiger partial charge is 0.496 e. The van der Waals surface area contributed by atoms with Crippen molar-refractivity contribution in [3.05, 3.63) is 52.3 Å². The molecule has 0 saturated heterocycles. The molecule has 142 valence electrons. The van der Waals surface area contributed by atoms with Gasteiger partial charge in [0, 0.05) is 36.7 Å². The Hall–Kier alpha value is -2.87. The molecular formula is C19H24N6O2. The molecule has 1 aliphatic heterocycles. The van der Waals surface area contributed by atoms with Crippen molar-refractivity contribution >= 4 is 0 Å². The molecule has 2 N–H and O–H groups in total. The SMILES string of the molecule is COc1ccccc1-c1[nH]ncc1CN(C)C1CCc2n[nH]c(=O)n2CC1. The van der Waals surface area contributed by atoms with Crippen LogP contribution >= 0.6 is 0 Å². The molecule has 0 saturated carbocycles. The van der Waals surface area contributed by atoms with Crippen LogP contribution in [-0.4, -0.2) is 50.1 Å². The minimum absolute atomic E-state index is 0.110. The summed E-state index contributed by atoms with van der Waals surface area (Å²) in [5.41, 5.74) is 3.01. The number of nitrogens with zero attached hydrogens (tertiary/aromatic N) is 4. The Bertz CT molecular complexity index is 972. The van der Waals surface area contributed by atoms with Gasteiger partial charge in [0.2, 0.25) is 0 Å². The van der Waals surface area contributed by atoms with Gasteiger partial charge >= 0.3 is 5.69 Å². The molecule has 1 unspecified atom stereocenters. The van der Waals surface area contributed by atoms with Crippen LogP contribution in [0.2, 0.25) is 0 Å². The second-order valence-corrected chi connectivity index (χ2v) is 6.96. The van der Waals surface area contributed by atoms with E-state index in [2.05, 4.69) is 32.3 Å². The van der Waals surface area contributed by atoms with Gasteiger partial charge in [-0.05, 0) is 32.0 Å². The van der Waals surface area contributed by atoms with Gasteiger partial charge in [-0.25, -0.2) is 9.89 Å². The van der Waals surface area contributed by atoms with E-state index < -0.39 is 0 Å². The van der Waals surface area contributed by atoms with Crippen molar-refractivity contribution in [1.82, 2.24) is 29.9 Å². The topological polar surface area (TPSA) is 91.8 Å². The highest BCUT2D eigenvalue weighted by Crippen LogP contribution is 2.31. The van der Waals surface area contributed by atoms with Crippen molar-refractivity contribution in [2.45, 2.75) is 38.4 Å². The number of fused-ring (bicyclic) bond motifs is 1. The third kappa shape index (κ3) is 3.40. The summed E-state index contributed by atoms with van der Waals surface area (Å²) in [6, 6.07) is 8.32. The van der Waals surface area contributed by atoms with Crippen molar-refractivity contribution in [3.63, 3.8) is 0 Å². The van der Waals surface area contributed by atoms with Gasteiger partial charge in [-0.1, -0.05) is 12.1 Å². The number of benzene rings is 1. The molecule has 8 nitrogen and oxygen atoms in total. The van der Waals surface area contributed by atoms with Gasteiger partial charge in [-0.15, -0.1) is 0 Å². The number of aromatic nitrogens is 5. The molecule has 27 heavy (non-hydrogen) atoms. The second kappa shape index (κ2) is 7.40. The fourth-order valence-electron chi connectivity index (χ4n) is 3.84. The number of aryl methyl sites for hydroxylation is 1. The first-order valence-electron chi connectivity index (χ1n) is 9.17. The molecule has 0 fully saturated rings. The lowest BCUT2D eigenvalue weighted by Gasteiger charge is -2.26. The summed E-state index contributed by atoms with van der Waals surface area (Å²) in [6.07, 6.45) is 4.58. The summed E-state index contributed by atoms with van der Waals surface area (Å²) in [4.78, 5) is 14.2. The Kier molecular flexibility index (Phi) is 4.81. The molecule has 1 aromatic carbocycles. The summed E-state index contributed by atoms with van der Waals surface area (Å²) in [7, 11) is 3.81. The quantitative estimate of drug-likeness (QED) is 0.717. The molecular weight excluding hydrogens is 344 g/mol. The van der Waals surface area contributed by atoms with Crippen molar-refractivity contribution < 1.29 is 4.74 Å². The van der Waals surface area contributed by atoms with E-state index in [4.69, 9.17) is 4.74 Å². The normalized spacial score (nSPS) is 16.9. The summed E-state index contributed by atoms with van der Waals surface area (Å²) in [6.45, 7) is 1.47. The lowest BCUT2D eigenvalue weighted by molar-refractivity contribution is 0.210. The summed E-state index contributed by atoms with van der Waals surface area (Å²) in [5.74, 6) is 1.68. The van der Waals surface area contributed by atoms with E-state index in [1.54, 1.807) is 11.7 Å². The number of hydrogen-bond donors (Lipinski definition) is 2. The molecule has 0 aliphatic carbocycles. The van der Waals surface area contributed by atoms with E-state index in [9.17, 15) is 4.79 Å². The van der Waals surface area contributed by atoms with Crippen molar-refractivity contribution in [1.29, 1.82) is 0 Å². The third-order valence-corrected chi connectivity index (χ3v) is 5.36. The molecule has 0 spiro atoms. The Morgan fingerprint density at radius 1 is 1.30 bits per heavy atom. The molecule has 2 aromatic heterocycles. The molecule has 4 rings (SSSR count). The van der Waals surface area contributed by atoms with Crippen LogP contribution in [0.5, 0.6) is 5.75 Å². The third-order valence-electron chi connectivity index (χ3n) is 5.36. The van der Waals surface area contributed by atoms with Crippen LogP contribution in [0.25, 0.3) is 11.3 Å². The van der Waals surface area contributed by atoms with Crippen LogP contribution in [0.4, 0.5) is 0 Å². The Morgan fingerprint density at radius 2 is 2.15 bits per heavy atom. The van der Waals surface area contributed by atoms with Crippen molar-refractivity contribution in [2.75, 3.05) is 14.2 Å². The number of ether oxygens (including phenoxy) is 1. The van der Waals surface area contributed by atoms with Crippen LogP contribution in [0.1, 0.15) is 24.2 Å². The maximum atomic E-state index is 11.8. The zero-order valence-corrected chi connectivity index (χ0v) is 15.6. The molecule has 0 bridgehead atoms. The standard InChI is InChI=1S/C19H24N6O2/c1-24(14-7-8-17-21-23-19(26)25(17)10-9-14)12-13-11-20-22-18(13)15-5-3-4-6-16(15)27-2/h3-6,11,14H,7-10,12H2,1-2H3,(H,20,22)(H,23,26). The molecule has 3 aromatic rings. The summed E-state index contributed by atoms with van der Waals surface area (Å²) in [5, 5.41) is 14.1. The Labute approximate surface area is 157 Å². The van der Waals surface area contributed by atoms with Gasteiger partial charge in [0.1, 0.15) is 11.6 Å². The number of methoxy groups -OCH3 is 1. The number of rotatable bonds is 5. The average Bonchev–Trinajstić information content (AvgIpc) is 3.21. The maximum absolute atomic E-state index is 11.8. The predicted molar refractivity (Wildman–Crippen MR) is 102 cm³/mol. The summed E-state index contributed by atoms with van der Waals surface area (Å²) >= 11 is 0. The van der Waals surface area contributed by atoms with Crippen molar-refractivity contribution in [3.8, 4) is 17.0 Å². The number of H-pyrrole nitrogens is 2. The minimum Gasteiger partial charge on any atom is -0.496 e. The first-order chi connectivity index (χ1) is 13.2. The van der Waals surface area contributed by atoms with E-state index >= 15 is 0 Å². The highest BCUT2D eigenvalue weighted by Gasteiger charge is 2.23. The van der Waals surface area contributed by atoms with E-state index in [0.717, 1.165) is 54.2 Å². The van der Waals surface area contributed by atoms with Crippen LogP contribution in [0, 0.1) is 0 Å². The lowest BCUT2D eigenvalue weighted by Crippen LogP contribution is -2.32. The molecule has 3 heterocycles. The number of aromatic amines is 2. The van der Waals surface area contributed by atoms with Crippen molar-refractivity contribution in [2.24, 2.45) is 0 Å². The Morgan fingerprint density at radius 3 is 3.00 bits per heavy atom. The zero-order chi connectivity index (χ0) is 18.8. The molecule has 8 heteroatoms. The maximum Gasteiger partial charge on any atom is 0.343 e. The molecule has 0 radical (unpaired) electrons. The average molecular weight is 368 g/mol. The van der Waals surface area contributed by atoms with Gasteiger partial charge in [0.15, 0.2) is 0 Å². The highest BCUT2D eigenvalue weighted by molar-refractivity contribution is 5.69. The molecule has 1 aliphatic rings. The predicted octanol–water partition coefficient (Wildman–Crippen LogP) is 1.81. The number of hydrogen-bond acceptors (Lipinski definition) is 5. The highest BCUT2D eigenvalue weighted by atomic mass is 16.5. The Balaban J connectivity index is 1.50. The second-order valence-electron chi connectivity index (χ2n) is 6.96. The fourth-order valence-corrected chi connectivity index (χ4v) is 3.84. The number of para-hydroxylation sites is 1. The van der Waals surface area contributed by atoms with Crippen LogP contribution in [0.15, 0.2) is 35.3 Å². The van der Waals surface area contributed by atoms with E-state index in [0.29, 0.717) is 12.6 Å². The van der Waals surface area contributed by atoms with Gasteiger partial charge < -0.3 is 4.74 Å². The first kappa shape index (κ1) is 17.5. The van der Waals surface area contributed by atoms with Crippen LogP contribution in [0.3, 0.4) is 0 Å². The number of nitrogens with one attached hydrogen (secondary N) is 2. The molecule has 1 atom stereocenters. The minimum atomic E-state index is -0.110. The first-order valence-corrected chi connectivity index (χ1v) is 9.17. The fraction of sp³-hybridized carbons (Fsp3) is 0.421. The van der Waals surface area contributed by atoms with Gasteiger partial charge in [-0.3, -0.25) is 14.6 Å². The van der Waals surface area contributed by atoms with Gasteiger partial charge in [-0.2, -0.15) is 10.2 Å².